The fourth-order valence-electron chi connectivity index (χ4n) is 2.64. The van der Waals surface area contributed by atoms with Gasteiger partial charge in [-0.05, 0) is 29.8 Å². The second-order valence-corrected chi connectivity index (χ2v) is 5.95. The highest BCUT2D eigenvalue weighted by Gasteiger charge is 2.26. The SMILES string of the molecule is CN(C)c1ccc([C@H]2NC[C@@H](COc3ccccc3C#N)O2)cc1. The summed E-state index contributed by atoms with van der Waals surface area (Å²) >= 11 is 0. The van der Waals surface area contributed by atoms with Crippen LogP contribution in [0.3, 0.4) is 0 Å². The lowest BCUT2D eigenvalue weighted by molar-refractivity contribution is 0.0158. The molecule has 0 aliphatic carbocycles. The summed E-state index contributed by atoms with van der Waals surface area (Å²) in [4.78, 5) is 2.07. The lowest BCUT2D eigenvalue weighted by atomic mass is 10.2. The number of rotatable bonds is 5. The summed E-state index contributed by atoms with van der Waals surface area (Å²) in [5.74, 6) is 0.599. The number of anilines is 1. The standard InChI is InChI=1S/C19H21N3O2/c1-22(2)16-9-7-14(8-10-16)19-21-12-17(24-19)13-23-18-6-4-3-5-15(18)11-20/h3-10,17,19,21H,12-13H2,1-2H3/t17-,19-/m0/s1. The summed E-state index contributed by atoms with van der Waals surface area (Å²) in [5.41, 5.74) is 2.80. The summed E-state index contributed by atoms with van der Waals surface area (Å²) in [6.07, 6.45) is -0.170. The molecule has 0 bridgehead atoms. The molecule has 1 aliphatic rings. The smallest absolute Gasteiger partial charge is 0.137 e. The molecule has 3 rings (SSSR count). The molecule has 1 aliphatic heterocycles. The van der Waals surface area contributed by atoms with Gasteiger partial charge in [-0.15, -0.1) is 0 Å². The van der Waals surface area contributed by atoms with Crippen molar-refractivity contribution in [2.75, 3.05) is 32.1 Å². The van der Waals surface area contributed by atoms with Crippen LogP contribution in [0.25, 0.3) is 0 Å². The van der Waals surface area contributed by atoms with Gasteiger partial charge in [0.25, 0.3) is 0 Å². The maximum atomic E-state index is 9.09. The molecule has 0 amide bonds. The van der Waals surface area contributed by atoms with Crippen molar-refractivity contribution in [1.82, 2.24) is 5.32 Å². The van der Waals surface area contributed by atoms with E-state index < -0.39 is 0 Å². The van der Waals surface area contributed by atoms with Crippen molar-refractivity contribution in [1.29, 1.82) is 5.26 Å². The third-order valence-electron chi connectivity index (χ3n) is 4.00. The fourth-order valence-corrected chi connectivity index (χ4v) is 2.64. The maximum absolute atomic E-state index is 9.09. The van der Waals surface area contributed by atoms with E-state index in [2.05, 4.69) is 40.6 Å². The van der Waals surface area contributed by atoms with E-state index in [-0.39, 0.29) is 12.3 Å². The summed E-state index contributed by atoms with van der Waals surface area (Å²) in [6, 6.07) is 17.7. The number of hydrogen-bond donors (Lipinski definition) is 1. The molecule has 0 unspecified atom stereocenters. The van der Waals surface area contributed by atoms with Crippen LogP contribution in [0.1, 0.15) is 17.4 Å². The van der Waals surface area contributed by atoms with Crippen LogP contribution < -0.4 is 15.0 Å². The summed E-state index contributed by atoms with van der Waals surface area (Å²) in [5, 5.41) is 12.4. The molecule has 0 spiro atoms. The molecule has 1 N–H and O–H groups in total. The molecule has 5 heteroatoms. The average Bonchev–Trinajstić information content (AvgIpc) is 3.09. The van der Waals surface area contributed by atoms with Gasteiger partial charge >= 0.3 is 0 Å². The Morgan fingerprint density at radius 1 is 1.21 bits per heavy atom. The van der Waals surface area contributed by atoms with Gasteiger partial charge in [-0.1, -0.05) is 24.3 Å². The van der Waals surface area contributed by atoms with Gasteiger partial charge < -0.3 is 14.4 Å². The van der Waals surface area contributed by atoms with E-state index in [1.165, 1.54) is 0 Å². The van der Waals surface area contributed by atoms with Crippen molar-refractivity contribution < 1.29 is 9.47 Å². The second kappa shape index (κ2) is 7.35. The van der Waals surface area contributed by atoms with Gasteiger partial charge in [-0.3, -0.25) is 5.32 Å². The number of nitriles is 1. The minimum absolute atomic E-state index is 0.0460. The number of hydrogen-bond acceptors (Lipinski definition) is 5. The van der Waals surface area contributed by atoms with E-state index in [0.717, 1.165) is 17.8 Å². The maximum Gasteiger partial charge on any atom is 0.137 e. The molecule has 24 heavy (non-hydrogen) atoms. The predicted molar refractivity (Wildman–Crippen MR) is 93.0 cm³/mol. The minimum Gasteiger partial charge on any atom is -0.489 e. The van der Waals surface area contributed by atoms with Crippen LogP contribution >= 0.6 is 0 Å². The van der Waals surface area contributed by atoms with Crippen molar-refractivity contribution >= 4 is 5.69 Å². The van der Waals surface area contributed by atoms with Crippen molar-refractivity contribution in [2.45, 2.75) is 12.3 Å². The highest BCUT2D eigenvalue weighted by molar-refractivity contribution is 5.46. The Labute approximate surface area is 142 Å². The van der Waals surface area contributed by atoms with Crippen molar-refractivity contribution in [3.8, 4) is 11.8 Å². The van der Waals surface area contributed by atoms with Gasteiger partial charge in [-0.2, -0.15) is 5.26 Å². The molecule has 0 saturated carbocycles. The number of nitrogens with zero attached hydrogens (tertiary/aromatic N) is 2. The molecular weight excluding hydrogens is 302 g/mol. The predicted octanol–water partition coefficient (Wildman–Crippen LogP) is 2.69. The fraction of sp³-hybridized carbons (Fsp3) is 0.316. The largest absolute Gasteiger partial charge is 0.489 e. The van der Waals surface area contributed by atoms with Crippen molar-refractivity contribution in [2.24, 2.45) is 0 Å². The quantitative estimate of drug-likeness (QED) is 0.917. The van der Waals surface area contributed by atoms with Crippen LogP contribution in [0.4, 0.5) is 5.69 Å². The molecular formula is C19H21N3O2. The van der Waals surface area contributed by atoms with Gasteiger partial charge in [0.2, 0.25) is 0 Å². The summed E-state index contributed by atoms with van der Waals surface area (Å²) in [6.45, 7) is 1.13. The second-order valence-electron chi connectivity index (χ2n) is 5.95. The van der Waals surface area contributed by atoms with Crippen LogP contribution in [0.2, 0.25) is 0 Å². The first-order chi connectivity index (χ1) is 11.7. The molecule has 1 heterocycles. The van der Waals surface area contributed by atoms with Crippen LogP contribution in [0, 0.1) is 11.3 Å². The van der Waals surface area contributed by atoms with Gasteiger partial charge in [0.15, 0.2) is 0 Å². The lowest BCUT2D eigenvalue weighted by Crippen LogP contribution is -2.22. The molecule has 1 saturated heterocycles. The van der Waals surface area contributed by atoms with E-state index in [9.17, 15) is 0 Å². The molecule has 0 radical (unpaired) electrons. The normalized spacial score (nSPS) is 19.7. The van der Waals surface area contributed by atoms with Gasteiger partial charge in [0.05, 0.1) is 5.56 Å². The first-order valence-electron chi connectivity index (χ1n) is 7.95. The van der Waals surface area contributed by atoms with Crippen molar-refractivity contribution in [3.63, 3.8) is 0 Å². The third-order valence-corrected chi connectivity index (χ3v) is 4.00. The number of ether oxygens (including phenoxy) is 2. The monoisotopic (exact) mass is 323 g/mol. The molecule has 5 nitrogen and oxygen atoms in total. The number of para-hydroxylation sites is 1. The molecule has 2 aromatic rings. The Bertz CT molecular complexity index is 722. The lowest BCUT2D eigenvalue weighted by Gasteiger charge is -2.16. The zero-order valence-corrected chi connectivity index (χ0v) is 13.9. The average molecular weight is 323 g/mol. The van der Waals surface area contributed by atoms with Gasteiger partial charge in [-0.25, -0.2) is 0 Å². The first-order valence-corrected chi connectivity index (χ1v) is 7.95. The van der Waals surface area contributed by atoms with Crippen LogP contribution in [-0.4, -0.2) is 33.4 Å². The highest BCUT2D eigenvalue weighted by Crippen LogP contribution is 2.24. The van der Waals surface area contributed by atoms with Gasteiger partial charge in [0.1, 0.15) is 30.8 Å². The molecule has 1 fully saturated rings. The van der Waals surface area contributed by atoms with Gasteiger partial charge in [0, 0.05) is 26.3 Å². The van der Waals surface area contributed by atoms with Crippen molar-refractivity contribution in [3.05, 3.63) is 59.7 Å². The van der Waals surface area contributed by atoms with E-state index in [1.807, 2.05) is 26.2 Å². The van der Waals surface area contributed by atoms with E-state index >= 15 is 0 Å². The molecule has 2 aromatic carbocycles. The Kier molecular flexibility index (Phi) is 4.99. The topological polar surface area (TPSA) is 57.5 Å². The van der Waals surface area contributed by atoms with E-state index in [0.29, 0.717) is 17.9 Å². The molecule has 0 aromatic heterocycles. The van der Waals surface area contributed by atoms with E-state index in [1.54, 1.807) is 12.1 Å². The van der Waals surface area contributed by atoms with Crippen LogP contribution in [0.15, 0.2) is 48.5 Å². The zero-order chi connectivity index (χ0) is 16.9. The number of benzene rings is 2. The summed E-state index contributed by atoms with van der Waals surface area (Å²) < 4.78 is 11.8. The summed E-state index contributed by atoms with van der Waals surface area (Å²) in [7, 11) is 4.04. The van der Waals surface area contributed by atoms with E-state index in [4.69, 9.17) is 14.7 Å². The number of nitrogens with one attached hydrogen (secondary N) is 1. The van der Waals surface area contributed by atoms with Crippen LogP contribution in [0.5, 0.6) is 5.75 Å². The highest BCUT2D eigenvalue weighted by atomic mass is 16.6. The molecule has 124 valence electrons. The minimum atomic E-state index is -0.124. The Hall–Kier alpha value is -2.55. The Morgan fingerprint density at radius 3 is 2.67 bits per heavy atom. The van der Waals surface area contributed by atoms with Crippen LogP contribution in [-0.2, 0) is 4.74 Å². The Balaban J connectivity index is 1.56. The third kappa shape index (κ3) is 3.67. The zero-order valence-electron chi connectivity index (χ0n) is 13.9. The first kappa shape index (κ1) is 16.3. The Morgan fingerprint density at radius 2 is 1.96 bits per heavy atom. The molecule has 2 atom stereocenters.